The number of fused-ring (bicyclic) bond motifs is 7. The number of halogens is 2. The van der Waals surface area contributed by atoms with Crippen LogP contribution in [0.2, 0.25) is 0 Å². The number of alkyl halides is 1. The second kappa shape index (κ2) is 10.5. The van der Waals surface area contributed by atoms with Gasteiger partial charge in [0.05, 0.1) is 12.2 Å². The third kappa shape index (κ3) is 4.51. The van der Waals surface area contributed by atoms with Crippen LogP contribution >= 0.6 is 15.9 Å². The molecule has 228 valence electrons. The number of hydrogen-bond acceptors (Lipinski definition) is 8. The molecule has 4 aliphatic carbocycles. The molecule has 42 heavy (non-hydrogen) atoms. The first-order chi connectivity index (χ1) is 19.8. The highest BCUT2D eigenvalue weighted by molar-refractivity contribution is 9.10. The molecule has 1 saturated heterocycles. The first-order valence-corrected chi connectivity index (χ1v) is 15.5. The Labute approximate surface area is 254 Å². The predicted molar refractivity (Wildman–Crippen MR) is 157 cm³/mol. The lowest BCUT2D eigenvalue weighted by atomic mass is 9.46. The van der Waals surface area contributed by atoms with Crippen molar-refractivity contribution in [3.63, 3.8) is 0 Å². The van der Waals surface area contributed by atoms with Crippen LogP contribution < -0.4 is 4.74 Å². The van der Waals surface area contributed by atoms with Gasteiger partial charge in [0.15, 0.2) is 23.8 Å². The largest absolute Gasteiger partial charge is 0.490 e. The summed E-state index contributed by atoms with van der Waals surface area (Å²) in [7, 11) is 0. The summed E-state index contributed by atoms with van der Waals surface area (Å²) in [5.74, 6) is -1.32. The first kappa shape index (κ1) is 29.9. The third-order valence-corrected chi connectivity index (χ3v) is 11.0. The normalized spacial score (nSPS) is 42.3. The van der Waals surface area contributed by atoms with Gasteiger partial charge in [-0.3, -0.25) is 4.79 Å². The number of rotatable bonds is 7. The standard InChI is InChI=1S/C32H39BrFNO7/c1-29(2)41-27-15-22-21-14-24(34)23-13-19(35-40-12-11-39-20-7-5-18(33)6-8-20)9-10-30(23,3)28(21)25(37)16-31(22,4)32(27,42-29)26(38)17-36/h5-10,13,21-22,24-25,27-28,36-37H,11-12,14-17H2,1-4H3/t21-,22-,24-,25-,27+,28+,30-,31-,32+/m0/s1. The lowest BCUT2D eigenvalue weighted by molar-refractivity contribution is -0.226. The molecule has 0 aromatic heterocycles. The van der Waals surface area contributed by atoms with Crippen molar-refractivity contribution in [3.8, 4) is 5.75 Å². The molecule has 6 rings (SSSR count). The Bertz CT molecular complexity index is 1330. The molecule has 1 aromatic rings. The fraction of sp³-hybridized carbons (Fsp3) is 0.625. The Hall–Kier alpha value is -2.11. The van der Waals surface area contributed by atoms with E-state index in [1.807, 2.05) is 50.3 Å². The van der Waals surface area contributed by atoms with E-state index in [1.54, 1.807) is 19.9 Å². The van der Waals surface area contributed by atoms with Crippen molar-refractivity contribution in [1.82, 2.24) is 0 Å². The van der Waals surface area contributed by atoms with Gasteiger partial charge in [-0.15, -0.1) is 0 Å². The lowest BCUT2D eigenvalue weighted by Gasteiger charge is -2.60. The highest BCUT2D eigenvalue weighted by Gasteiger charge is 2.77. The van der Waals surface area contributed by atoms with Crippen LogP contribution in [0.4, 0.5) is 4.39 Å². The molecule has 4 fully saturated rings. The minimum atomic E-state index is -1.38. The zero-order chi connectivity index (χ0) is 30.1. The number of hydrogen-bond donors (Lipinski definition) is 2. The van der Waals surface area contributed by atoms with Crippen LogP contribution in [0.1, 0.15) is 47.0 Å². The molecule has 0 bridgehead atoms. The SMILES string of the molecule is CC1(C)O[C@@H]2C[C@H]3[C@@H]4C[C@H](F)C5=CC(=NOCCOc6ccc(Br)cc6)C=C[C@]5(C)[C@H]4[C@@H](O)C[C@]3(C)[C@]2(C(=O)CO)O1. The maximum Gasteiger partial charge on any atom is 0.193 e. The van der Waals surface area contributed by atoms with Crippen LogP contribution in [-0.2, 0) is 19.1 Å². The maximum atomic E-state index is 16.1. The molecule has 1 heterocycles. The molecule has 0 amide bonds. The Balaban J connectivity index is 1.20. The van der Waals surface area contributed by atoms with Crippen LogP contribution in [-0.4, -0.2) is 71.3 Å². The summed E-state index contributed by atoms with van der Waals surface area (Å²) in [6.07, 6.45) is 3.87. The fourth-order valence-corrected chi connectivity index (χ4v) is 9.23. The molecule has 0 spiro atoms. The number of ether oxygens (including phenoxy) is 3. The number of allylic oxidation sites excluding steroid dienone is 4. The van der Waals surface area contributed by atoms with E-state index in [2.05, 4.69) is 21.1 Å². The Kier molecular flexibility index (Phi) is 7.49. The third-order valence-electron chi connectivity index (χ3n) is 10.5. The number of carbonyl (C=O) groups is 1. The summed E-state index contributed by atoms with van der Waals surface area (Å²) in [4.78, 5) is 18.8. The highest BCUT2D eigenvalue weighted by Crippen LogP contribution is 2.70. The van der Waals surface area contributed by atoms with Gasteiger partial charge in [-0.25, -0.2) is 4.39 Å². The molecule has 8 nitrogen and oxygen atoms in total. The van der Waals surface area contributed by atoms with Crippen LogP contribution in [0.15, 0.2) is 57.7 Å². The summed E-state index contributed by atoms with van der Waals surface area (Å²) >= 11 is 3.39. The maximum absolute atomic E-state index is 16.1. The van der Waals surface area contributed by atoms with Gasteiger partial charge in [0, 0.05) is 21.2 Å². The first-order valence-electron chi connectivity index (χ1n) is 14.7. The number of ketones is 1. The van der Waals surface area contributed by atoms with Crippen molar-refractivity contribution in [1.29, 1.82) is 0 Å². The van der Waals surface area contributed by atoms with E-state index in [9.17, 15) is 15.0 Å². The van der Waals surface area contributed by atoms with E-state index >= 15 is 4.39 Å². The summed E-state index contributed by atoms with van der Waals surface area (Å²) in [6, 6.07) is 7.50. The number of aliphatic hydroxyl groups excluding tert-OH is 2. The molecule has 0 unspecified atom stereocenters. The van der Waals surface area contributed by atoms with Crippen molar-refractivity contribution in [3.05, 3.63) is 52.5 Å². The summed E-state index contributed by atoms with van der Waals surface area (Å²) in [5, 5.41) is 26.0. The number of benzene rings is 1. The fourth-order valence-electron chi connectivity index (χ4n) is 8.96. The van der Waals surface area contributed by atoms with Gasteiger partial charge in [0.1, 0.15) is 30.8 Å². The number of Topliss-reactive ketones (excluding diaryl/α,β-unsaturated/α-hetero) is 1. The second-order valence-corrected chi connectivity index (χ2v) is 14.1. The number of aliphatic hydroxyl groups is 2. The zero-order valence-electron chi connectivity index (χ0n) is 24.4. The number of nitrogens with zero attached hydrogens (tertiary/aromatic N) is 1. The van der Waals surface area contributed by atoms with E-state index in [-0.39, 0.29) is 37.2 Å². The predicted octanol–water partition coefficient (Wildman–Crippen LogP) is 4.92. The molecular formula is C32H39BrFNO7. The molecular weight excluding hydrogens is 609 g/mol. The van der Waals surface area contributed by atoms with E-state index in [0.717, 1.165) is 10.2 Å². The van der Waals surface area contributed by atoms with E-state index < -0.39 is 53.0 Å². The van der Waals surface area contributed by atoms with Gasteiger partial charge in [-0.2, -0.15) is 0 Å². The minimum absolute atomic E-state index is 0.128. The molecule has 9 atom stereocenters. The highest BCUT2D eigenvalue weighted by atomic mass is 79.9. The Morgan fingerprint density at radius 3 is 2.62 bits per heavy atom. The van der Waals surface area contributed by atoms with E-state index in [0.29, 0.717) is 24.3 Å². The number of carbonyl (C=O) groups excluding carboxylic acids is 1. The lowest BCUT2D eigenvalue weighted by Crippen LogP contribution is -2.64. The second-order valence-electron chi connectivity index (χ2n) is 13.2. The van der Waals surface area contributed by atoms with Crippen LogP contribution in [0, 0.1) is 28.6 Å². The number of oxime groups is 1. The van der Waals surface area contributed by atoms with Gasteiger partial charge in [-0.1, -0.05) is 41.0 Å². The summed E-state index contributed by atoms with van der Waals surface area (Å²) in [6.45, 7) is 7.32. The van der Waals surface area contributed by atoms with Gasteiger partial charge in [-0.05, 0) is 86.9 Å². The molecule has 2 N–H and O–H groups in total. The molecule has 10 heteroatoms. The molecule has 5 aliphatic rings. The molecule has 0 radical (unpaired) electrons. The van der Waals surface area contributed by atoms with Crippen LogP contribution in [0.3, 0.4) is 0 Å². The molecule has 3 saturated carbocycles. The van der Waals surface area contributed by atoms with E-state index in [1.165, 1.54) is 0 Å². The zero-order valence-corrected chi connectivity index (χ0v) is 26.0. The van der Waals surface area contributed by atoms with Gasteiger partial charge in [0.25, 0.3) is 0 Å². The van der Waals surface area contributed by atoms with Gasteiger partial charge >= 0.3 is 0 Å². The average Bonchev–Trinajstić information content (AvgIpc) is 3.34. The van der Waals surface area contributed by atoms with Gasteiger partial charge < -0.3 is 29.3 Å². The van der Waals surface area contributed by atoms with Crippen LogP contribution in [0.25, 0.3) is 0 Å². The molecule has 1 aromatic carbocycles. The van der Waals surface area contributed by atoms with Crippen molar-refractivity contribution in [2.24, 2.45) is 33.7 Å². The smallest absolute Gasteiger partial charge is 0.193 e. The summed E-state index contributed by atoms with van der Waals surface area (Å²) < 4.78 is 35.4. The quantitative estimate of drug-likeness (QED) is 0.320. The van der Waals surface area contributed by atoms with Crippen molar-refractivity contribution >= 4 is 27.4 Å². The monoisotopic (exact) mass is 647 g/mol. The van der Waals surface area contributed by atoms with Crippen molar-refractivity contribution in [2.75, 3.05) is 19.8 Å². The molecule has 1 aliphatic heterocycles. The minimum Gasteiger partial charge on any atom is -0.490 e. The summed E-state index contributed by atoms with van der Waals surface area (Å²) in [5.41, 5.74) is -1.85. The average molecular weight is 649 g/mol. The van der Waals surface area contributed by atoms with Crippen molar-refractivity contribution in [2.45, 2.75) is 76.7 Å². The van der Waals surface area contributed by atoms with E-state index in [4.69, 9.17) is 19.0 Å². The Morgan fingerprint density at radius 2 is 1.90 bits per heavy atom. The topological polar surface area (TPSA) is 107 Å². The van der Waals surface area contributed by atoms with Gasteiger partial charge in [0.2, 0.25) is 0 Å². The van der Waals surface area contributed by atoms with Crippen molar-refractivity contribution < 1.29 is 38.4 Å². The van der Waals surface area contributed by atoms with Crippen LogP contribution in [0.5, 0.6) is 5.75 Å². The Morgan fingerprint density at radius 1 is 1.17 bits per heavy atom.